The Balaban J connectivity index is 3.17. The first-order valence-corrected chi connectivity index (χ1v) is 4.78. The number of rotatable bonds is 1. The average Bonchev–Trinajstić information content (AvgIpc) is 2.32. The molecule has 0 atom stereocenters. The third-order valence-electron chi connectivity index (χ3n) is 1.44. The van der Waals surface area contributed by atoms with Gasteiger partial charge in [-0.25, -0.2) is 4.79 Å². The number of aromatic nitrogens is 1. The number of ether oxygens (including phenoxy) is 1. The van der Waals surface area contributed by atoms with Crippen molar-refractivity contribution in [3.8, 4) is 0 Å². The minimum atomic E-state index is -0.379. The molecular formula is C7H7Br2NO2. The third-order valence-corrected chi connectivity index (χ3v) is 3.76. The van der Waals surface area contributed by atoms with Gasteiger partial charge in [-0.2, -0.15) is 0 Å². The number of halogens is 2. The molecule has 0 saturated carbocycles. The molecule has 1 N–H and O–H groups in total. The number of hydrogen-bond donors (Lipinski definition) is 1. The lowest BCUT2D eigenvalue weighted by molar-refractivity contribution is 0.0593. The van der Waals surface area contributed by atoms with Crippen LogP contribution in [0.5, 0.6) is 0 Å². The zero-order chi connectivity index (χ0) is 9.30. The second-order valence-corrected chi connectivity index (χ2v) is 3.83. The van der Waals surface area contributed by atoms with Crippen LogP contribution in [0.2, 0.25) is 0 Å². The van der Waals surface area contributed by atoms with E-state index in [0.29, 0.717) is 10.2 Å². The summed E-state index contributed by atoms with van der Waals surface area (Å²) in [5.74, 6) is -0.379. The largest absolute Gasteiger partial charge is 0.464 e. The van der Waals surface area contributed by atoms with Gasteiger partial charge in [-0.15, -0.1) is 0 Å². The second-order valence-electron chi connectivity index (χ2n) is 2.24. The number of carbonyl (C=O) groups is 1. The van der Waals surface area contributed by atoms with E-state index in [-0.39, 0.29) is 5.97 Å². The SMILES string of the molecule is COC(=O)c1[nH]c(C)c(Br)c1Br. The van der Waals surface area contributed by atoms with Gasteiger partial charge in [0.05, 0.1) is 16.1 Å². The second kappa shape index (κ2) is 3.62. The fraction of sp³-hybridized carbons (Fsp3) is 0.286. The first kappa shape index (κ1) is 9.80. The molecule has 5 heteroatoms. The Morgan fingerprint density at radius 2 is 2.00 bits per heavy atom. The Morgan fingerprint density at radius 3 is 2.33 bits per heavy atom. The summed E-state index contributed by atoms with van der Waals surface area (Å²) >= 11 is 6.57. The van der Waals surface area contributed by atoms with E-state index >= 15 is 0 Å². The normalized spacial score (nSPS) is 10.0. The monoisotopic (exact) mass is 295 g/mol. The van der Waals surface area contributed by atoms with E-state index in [4.69, 9.17) is 0 Å². The highest BCUT2D eigenvalue weighted by Crippen LogP contribution is 2.30. The molecule has 0 bridgehead atoms. The molecule has 66 valence electrons. The smallest absolute Gasteiger partial charge is 0.355 e. The van der Waals surface area contributed by atoms with Crippen LogP contribution in [-0.4, -0.2) is 18.1 Å². The number of esters is 1. The fourth-order valence-corrected chi connectivity index (χ4v) is 1.67. The number of carbonyl (C=O) groups excluding carboxylic acids is 1. The molecule has 0 aliphatic heterocycles. The minimum absolute atomic E-state index is 0.379. The maximum atomic E-state index is 11.1. The number of methoxy groups -OCH3 is 1. The van der Waals surface area contributed by atoms with Crippen molar-refractivity contribution in [1.82, 2.24) is 4.98 Å². The summed E-state index contributed by atoms with van der Waals surface area (Å²) in [4.78, 5) is 14.0. The molecule has 0 aliphatic rings. The maximum absolute atomic E-state index is 11.1. The summed E-state index contributed by atoms with van der Waals surface area (Å²) in [6.07, 6.45) is 0. The van der Waals surface area contributed by atoms with E-state index in [2.05, 4.69) is 41.6 Å². The van der Waals surface area contributed by atoms with Crippen LogP contribution in [0.15, 0.2) is 8.95 Å². The first-order chi connectivity index (χ1) is 5.57. The number of hydrogen-bond acceptors (Lipinski definition) is 2. The highest BCUT2D eigenvalue weighted by molar-refractivity contribution is 9.13. The van der Waals surface area contributed by atoms with Gasteiger partial charge in [0.15, 0.2) is 0 Å². The van der Waals surface area contributed by atoms with Gasteiger partial charge < -0.3 is 9.72 Å². The van der Waals surface area contributed by atoms with Gasteiger partial charge >= 0.3 is 5.97 Å². The van der Waals surface area contributed by atoms with Crippen LogP contribution in [0.4, 0.5) is 0 Å². The van der Waals surface area contributed by atoms with Crippen molar-refractivity contribution < 1.29 is 9.53 Å². The molecule has 0 amide bonds. The minimum Gasteiger partial charge on any atom is -0.464 e. The van der Waals surface area contributed by atoms with Crippen LogP contribution in [0.3, 0.4) is 0 Å². The van der Waals surface area contributed by atoms with Crippen molar-refractivity contribution in [2.45, 2.75) is 6.92 Å². The van der Waals surface area contributed by atoms with Crippen LogP contribution < -0.4 is 0 Å². The Morgan fingerprint density at radius 1 is 1.42 bits per heavy atom. The van der Waals surface area contributed by atoms with E-state index in [1.807, 2.05) is 6.92 Å². The maximum Gasteiger partial charge on any atom is 0.355 e. The molecule has 0 aromatic carbocycles. The molecule has 12 heavy (non-hydrogen) atoms. The predicted octanol–water partition coefficient (Wildman–Crippen LogP) is 2.63. The topological polar surface area (TPSA) is 42.1 Å². The molecule has 0 radical (unpaired) electrons. The standard InChI is InChI=1S/C7H7Br2NO2/c1-3-4(8)5(9)6(10-3)7(11)12-2/h10H,1-2H3. The van der Waals surface area contributed by atoms with Crippen molar-refractivity contribution in [2.75, 3.05) is 7.11 Å². The van der Waals surface area contributed by atoms with Crippen molar-refractivity contribution in [1.29, 1.82) is 0 Å². The highest BCUT2D eigenvalue weighted by Gasteiger charge is 2.16. The summed E-state index contributed by atoms with van der Waals surface area (Å²) in [6, 6.07) is 0. The predicted molar refractivity (Wildman–Crippen MR) is 52.3 cm³/mol. The van der Waals surface area contributed by atoms with Crippen molar-refractivity contribution in [3.05, 3.63) is 20.3 Å². The molecule has 1 aromatic rings. The fourth-order valence-electron chi connectivity index (χ4n) is 0.814. The summed E-state index contributed by atoms with van der Waals surface area (Å²) in [5, 5.41) is 0. The summed E-state index contributed by atoms with van der Waals surface area (Å²) in [6.45, 7) is 1.86. The van der Waals surface area contributed by atoms with Crippen LogP contribution in [-0.2, 0) is 4.74 Å². The summed E-state index contributed by atoms with van der Waals surface area (Å²) in [5.41, 5.74) is 1.32. The molecule has 0 aliphatic carbocycles. The summed E-state index contributed by atoms with van der Waals surface area (Å²) < 4.78 is 6.12. The molecule has 0 fully saturated rings. The van der Waals surface area contributed by atoms with Gasteiger partial charge in [-0.3, -0.25) is 0 Å². The lowest BCUT2D eigenvalue weighted by atomic mass is 10.4. The molecule has 1 rings (SSSR count). The molecule has 3 nitrogen and oxygen atoms in total. The zero-order valence-corrected chi connectivity index (χ0v) is 9.74. The van der Waals surface area contributed by atoms with Crippen molar-refractivity contribution >= 4 is 37.8 Å². The first-order valence-electron chi connectivity index (χ1n) is 3.19. The quantitative estimate of drug-likeness (QED) is 0.810. The lowest BCUT2D eigenvalue weighted by Crippen LogP contribution is -2.02. The van der Waals surface area contributed by atoms with Crippen LogP contribution in [0, 0.1) is 6.92 Å². The van der Waals surface area contributed by atoms with Crippen LogP contribution in [0.25, 0.3) is 0 Å². The number of nitrogens with one attached hydrogen (secondary N) is 1. The van der Waals surface area contributed by atoms with Crippen molar-refractivity contribution in [2.24, 2.45) is 0 Å². The molecule has 0 saturated heterocycles. The number of H-pyrrole nitrogens is 1. The van der Waals surface area contributed by atoms with Gasteiger partial charge in [0.1, 0.15) is 5.69 Å². The van der Waals surface area contributed by atoms with Gasteiger partial charge in [0.25, 0.3) is 0 Å². The Kier molecular flexibility index (Phi) is 2.95. The van der Waals surface area contributed by atoms with Gasteiger partial charge in [-0.1, -0.05) is 0 Å². The highest BCUT2D eigenvalue weighted by atomic mass is 79.9. The van der Waals surface area contributed by atoms with E-state index in [0.717, 1.165) is 10.2 Å². The molecule has 1 aromatic heterocycles. The molecule has 0 unspecified atom stereocenters. The van der Waals surface area contributed by atoms with Crippen LogP contribution in [0.1, 0.15) is 16.2 Å². The molecule has 1 heterocycles. The van der Waals surface area contributed by atoms with E-state index in [1.165, 1.54) is 7.11 Å². The van der Waals surface area contributed by atoms with E-state index in [9.17, 15) is 4.79 Å². The average molecular weight is 297 g/mol. The van der Waals surface area contributed by atoms with Crippen molar-refractivity contribution in [3.63, 3.8) is 0 Å². The van der Waals surface area contributed by atoms with Crippen LogP contribution >= 0.6 is 31.9 Å². The third kappa shape index (κ3) is 1.56. The van der Waals surface area contributed by atoms with Gasteiger partial charge in [0, 0.05) is 5.69 Å². The Bertz CT molecular complexity index is 319. The Hall–Kier alpha value is -0.290. The lowest BCUT2D eigenvalue weighted by Gasteiger charge is -1.94. The summed E-state index contributed by atoms with van der Waals surface area (Å²) in [7, 11) is 1.35. The Labute approximate surface area is 86.7 Å². The van der Waals surface area contributed by atoms with E-state index < -0.39 is 0 Å². The number of aryl methyl sites for hydroxylation is 1. The molecule has 0 spiro atoms. The van der Waals surface area contributed by atoms with E-state index in [1.54, 1.807) is 0 Å². The molecular weight excluding hydrogens is 290 g/mol. The van der Waals surface area contributed by atoms with Gasteiger partial charge in [-0.05, 0) is 38.8 Å². The van der Waals surface area contributed by atoms with Gasteiger partial charge in [0.2, 0.25) is 0 Å². The zero-order valence-electron chi connectivity index (χ0n) is 6.57. The number of aromatic amines is 1.